The van der Waals surface area contributed by atoms with Crippen molar-refractivity contribution in [2.45, 2.75) is 12.2 Å². The Bertz CT molecular complexity index is 677. The number of hydrogen-bond donors (Lipinski definition) is 3. The van der Waals surface area contributed by atoms with E-state index in [-0.39, 0.29) is 23.9 Å². The van der Waals surface area contributed by atoms with Gasteiger partial charge in [0.2, 0.25) is 5.91 Å². The molecule has 0 saturated heterocycles. The predicted octanol–water partition coefficient (Wildman–Crippen LogP) is 1.04. The maximum atomic E-state index is 11.9. The lowest BCUT2D eigenvalue weighted by molar-refractivity contribution is -0.120. The van der Waals surface area contributed by atoms with E-state index < -0.39 is 0 Å². The fourth-order valence-electron chi connectivity index (χ4n) is 1.84. The average molecular weight is 343 g/mol. The predicted molar refractivity (Wildman–Crippen MR) is 92.5 cm³/mol. The number of nitrogens with two attached hydrogens (primary N) is 1. The SMILES string of the molecule is Cl.NCCNC(=O)CCSCc1nc2ccccc2c(=O)[nH]1. The van der Waals surface area contributed by atoms with Crippen molar-refractivity contribution in [1.82, 2.24) is 15.3 Å². The minimum atomic E-state index is -0.128. The Morgan fingerprint density at radius 1 is 1.36 bits per heavy atom. The molecular formula is C14H19ClN4O2S. The molecule has 0 saturated carbocycles. The van der Waals surface area contributed by atoms with Gasteiger partial charge in [0.05, 0.1) is 16.7 Å². The van der Waals surface area contributed by atoms with Crippen molar-refractivity contribution < 1.29 is 4.79 Å². The van der Waals surface area contributed by atoms with Crippen LogP contribution in [0, 0.1) is 0 Å². The maximum Gasteiger partial charge on any atom is 0.258 e. The molecule has 8 heteroatoms. The van der Waals surface area contributed by atoms with E-state index in [2.05, 4.69) is 15.3 Å². The number of carbonyl (C=O) groups excluding carboxylic acids is 1. The van der Waals surface area contributed by atoms with E-state index in [1.165, 1.54) is 0 Å². The highest BCUT2D eigenvalue weighted by atomic mass is 35.5. The molecule has 0 aliphatic heterocycles. The van der Waals surface area contributed by atoms with E-state index in [1.807, 2.05) is 18.2 Å². The number of halogens is 1. The van der Waals surface area contributed by atoms with Crippen molar-refractivity contribution in [3.05, 3.63) is 40.4 Å². The van der Waals surface area contributed by atoms with Crippen LogP contribution in [-0.2, 0) is 10.5 Å². The lowest BCUT2D eigenvalue weighted by atomic mass is 10.2. The molecule has 0 aliphatic carbocycles. The standard InChI is InChI=1S/C14H18N4O2S.ClH/c15-6-7-16-13(19)5-8-21-9-12-17-11-4-2-1-3-10(11)14(20)18-12;/h1-4H,5-9,15H2,(H,16,19)(H,17,18,20);1H. The molecule has 6 nitrogen and oxygen atoms in total. The van der Waals surface area contributed by atoms with Crippen molar-refractivity contribution >= 4 is 41.0 Å². The van der Waals surface area contributed by atoms with Gasteiger partial charge in [-0.15, -0.1) is 12.4 Å². The third kappa shape index (κ3) is 5.32. The number of thioether (sulfide) groups is 1. The first-order chi connectivity index (χ1) is 10.2. The summed E-state index contributed by atoms with van der Waals surface area (Å²) in [6.45, 7) is 0.949. The number of carbonyl (C=O) groups is 1. The molecule has 0 spiro atoms. The van der Waals surface area contributed by atoms with Gasteiger partial charge in [0.25, 0.3) is 5.56 Å². The number of nitrogens with one attached hydrogen (secondary N) is 2. The summed E-state index contributed by atoms with van der Waals surface area (Å²) in [5.74, 6) is 1.87. The van der Waals surface area contributed by atoms with Crippen LogP contribution >= 0.6 is 24.2 Å². The van der Waals surface area contributed by atoms with Gasteiger partial charge < -0.3 is 16.0 Å². The van der Waals surface area contributed by atoms with E-state index >= 15 is 0 Å². The molecule has 1 amide bonds. The van der Waals surface area contributed by atoms with Crippen molar-refractivity contribution in [3.8, 4) is 0 Å². The molecule has 0 radical (unpaired) electrons. The first kappa shape index (κ1) is 18.5. The molecule has 0 bridgehead atoms. The van der Waals surface area contributed by atoms with Crippen LogP contribution in [0.25, 0.3) is 10.9 Å². The first-order valence-corrected chi connectivity index (χ1v) is 7.88. The Morgan fingerprint density at radius 2 is 2.14 bits per heavy atom. The quantitative estimate of drug-likeness (QED) is 0.653. The molecule has 1 aromatic carbocycles. The summed E-state index contributed by atoms with van der Waals surface area (Å²) in [6, 6.07) is 7.24. The Kier molecular flexibility index (Phi) is 7.94. The molecule has 2 aromatic rings. The fourth-order valence-corrected chi connectivity index (χ4v) is 2.64. The van der Waals surface area contributed by atoms with Gasteiger partial charge in [-0.25, -0.2) is 4.98 Å². The molecule has 0 atom stereocenters. The van der Waals surface area contributed by atoms with Crippen LogP contribution in [0.4, 0.5) is 0 Å². The number of H-pyrrole nitrogens is 1. The highest BCUT2D eigenvalue weighted by Gasteiger charge is 2.04. The van der Waals surface area contributed by atoms with Crippen molar-refractivity contribution in [2.75, 3.05) is 18.8 Å². The highest BCUT2D eigenvalue weighted by Crippen LogP contribution is 2.11. The van der Waals surface area contributed by atoms with Gasteiger partial charge in [0.1, 0.15) is 5.82 Å². The van der Waals surface area contributed by atoms with Gasteiger partial charge in [0.15, 0.2) is 0 Å². The third-order valence-corrected chi connectivity index (χ3v) is 3.81. The van der Waals surface area contributed by atoms with Gasteiger partial charge in [-0.2, -0.15) is 11.8 Å². The smallest absolute Gasteiger partial charge is 0.258 e. The molecule has 120 valence electrons. The number of rotatable bonds is 7. The van der Waals surface area contributed by atoms with E-state index in [0.29, 0.717) is 47.7 Å². The average Bonchev–Trinajstić information content (AvgIpc) is 2.49. The molecule has 4 N–H and O–H groups in total. The number of aromatic amines is 1. The molecule has 0 aliphatic rings. The second-order valence-corrected chi connectivity index (χ2v) is 5.58. The van der Waals surface area contributed by atoms with Crippen molar-refractivity contribution in [3.63, 3.8) is 0 Å². The maximum absolute atomic E-state index is 11.9. The molecule has 22 heavy (non-hydrogen) atoms. The molecule has 0 fully saturated rings. The molecule has 2 rings (SSSR count). The number of fused-ring (bicyclic) bond motifs is 1. The summed E-state index contributed by atoms with van der Waals surface area (Å²) in [5, 5.41) is 3.30. The summed E-state index contributed by atoms with van der Waals surface area (Å²) >= 11 is 1.56. The lowest BCUT2D eigenvalue weighted by Crippen LogP contribution is -2.29. The topological polar surface area (TPSA) is 101 Å². The van der Waals surface area contributed by atoms with E-state index in [9.17, 15) is 9.59 Å². The zero-order valence-electron chi connectivity index (χ0n) is 12.0. The second-order valence-electron chi connectivity index (χ2n) is 4.47. The summed E-state index contributed by atoms with van der Waals surface area (Å²) in [6.07, 6.45) is 0.433. The normalized spacial score (nSPS) is 10.2. The van der Waals surface area contributed by atoms with Gasteiger partial charge in [-0.05, 0) is 12.1 Å². The van der Waals surface area contributed by atoms with Crippen LogP contribution in [0.5, 0.6) is 0 Å². The zero-order valence-corrected chi connectivity index (χ0v) is 13.6. The summed E-state index contributed by atoms with van der Waals surface area (Å²) in [4.78, 5) is 30.4. The van der Waals surface area contributed by atoms with Crippen molar-refractivity contribution in [1.29, 1.82) is 0 Å². The third-order valence-electron chi connectivity index (χ3n) is 2.84. The number of nitrogens with zero attached hydrogens (tertiary/aromatic N) is 1. The van der Waals surface area contributed by atoms with E-state index in [4.69, 9.17) is 5.73 Å². The number of aromatic nitrogens is 2. The second kappa shape index (κ2) is 9.45. The van der Waals surface area contributed by atoms with Crippen LogP contribution in [0.15, 0.2) is 29.1 Å². The number of amides is 1. The molecular weight excluding hydrogens is 324 g/mol. The van der Waals surface area contributed by atoms with Crippen LogP contribution in [0.3, 0.4) is 0 Å². The van der Waals surface area contributed by atoms with Crippen molar-refractivity contribution in [2.24, 2.45) is 5.73 Å². The Labute approximate surface area is 138 Å². The van der Waals surface area contributed by atoms with Crippen LogP contribution in [-0.4, -0.2) is 34.7 Å². The monoisotopic (exact) mass is 342 g/mol. The molecule has 0 unspecified atom stereocenters. The number of hydrogen-bond acceptors (Lipinski definition) is 5. The minimum absolute atomic E-state index is 0. The van der Waals surface area contributed by atoms with Crippen LogP contribution < -0.4 is 16.6 Å². The molecule has 1 aromatic heterocycles. The zero-order chi connectivity index (χ0) is 15.1. The van der Waals surface area contributed by atoms with Gasteiger partial charge in [-0.1, -0.05) is 12.1 Å². The Morgan fingerprint density at radius 3 is 2.91 bits per heavy atom. The summed E-state index contributed by atoms with van der Waals surface area (Å²) in [5.41, 5.74) is 5.87. The van der Waals surface area contributed by atoms with Crippen LogP contribution in [0.2, 0.25) is 0 Å². The summed E-state index contributed by atoms with van der Waals surface area (Å²) < 4.78 is 0. The highest BCUT2D eigenvalue weighted by molar-refractivity contribution is 7.98. The number of para-hydroxylation sites is 1. The Hall–Kier alpha value is -1.57. The van der Waals surface area contributed by atoms with E-state index in [0.717, 1.165) is 0 Å². The van der Waals surface area contributed by atoms with Gasteiger partial charge in [-0.3, -0.25) is 9.59 Å². The molecule has 1 heterocycles. The van der Waals surface area contributed by atoms with Crippen LogP contribution in [0.1, 0.15) is 12.2 Å². The largest absolute Gasteiger partial charge is 0.355 e. The first-order valence-electron chi connectivity index (χ1n) is 6.73. The minimum Gasteiger partial charge on any atom is -0.355 e. The van der Waals surface area contributed by atoms with Gasteiger partial charge >= 0.3 is 0 Å². The Balaban J connectivity index is 0.00000242. The van der Waals surface area contributed by atoms with Gasteiger partial charge in [0, 0.05) is 25.3 Å². The lowest BCUT2D eigenvalue weighted by Gasteiger charge is -2.04. The fraction of sp³-hybridized carbons (Fsp3) is 0.357. The van der Waals surface area contributed by atoms with E-state index in [1.54, 1.807) is 17.8 Å². The number of benzene rings is 1. The summed E-state index contributed by atoms with van der Waals surface area (Å²) in [7, 11) is 0.